The third kappa shape index (κ3) is 1.70. The van der Waals surface area contributed by atoms with Crippen LogP contribution in [0.2, 0.25) is 0 Å². The van der Waals surface area contributed by atoms with Gasteiger partial charge in [0.25, 0.3) is 0 Å². The molecule has 0 unspecified atom stereocenters. The zero-order chi connectivity index (χ0) is 15.5. The van der Waals surface area contributed by atoms with E-state index in [1.807, 2.05) is 19.1 Å². The van der Waals surface area contributed by atoms with Gasteiger partial charge in [-0.15, -0.1) is 0 Å². The zero-order valence-corrected chi connectivity index (χ0v) is 13.8. The first kappa shape index (κ1) is 14.1. The van der Waals surface area contributed by atoms with Gasteiger partial charge in [0.15, 0.2) is 9.84 Å². The van der Waals surface area contributed by atoms with E-state index in [0.29, 0.717) is 6.42 Å². The highest BCUT2D eigenvalue weighted by atomic mass is 32.2. The molecule has 4 heteroatoms. The zero-order valence-electron chi connectivity index (χ0n) is 13.0. The van der Waals surface area contributed by atoms with Gasteiger partial charge < -0.3 is 4.74 Å². The topological polar surface area (TPSA) is 43.4 Å². The molecule has 1 aromatic rings. The fourth-order valence-corrected chi connectivity index (χ4v) is 5.92. The molecular weight excluding hydrogens is 296 g/mol. The molecule has 0 bridgehead atoms. The molecule has 1 heterocycles. The highest BCUT2D eigenvalue weighted by molar-refractivity contribution is 7.93. The predicted octanol–water partition coefficient (Wildman–Crippen LogP) is 3.30. The number of benzene rings is 1. The van der Waals surface area contributed by atoms with Crippen LogP contribution in [0.15, 0.2) is 35.4 Å². The van der Waals surface area contributed by atoms with Crippen molar-refractivity contribution in [3.63, 3.8) is 0 Å². The summed E-state index contributed by atoms with van der Waals surface area (Å²) in [7, 11) is -1.34. The Bertz CT molecular complexity index is 830. The van der Waals surface area contributed by atoms with Crippen LogP contribution in [0.5, 0.6) is 5.75 Å². The van der Waals surface area contributed by atoms with Gasteiger partial charge in [0, 0.05) is 0 Å². The van der Waals surface area contributed by atoms with Crippen LogP contribution in [0.25, 0.3) is 5.57 Å². The van der Waals surface area contributed by atoms with Gasteiger partial charge in [0.05, 0.1) is 17.6 Å². The first-order valence-corrected chi connectivity index (χ1v) is 9.44. The summed E-state index contributed by atoms with van der Waals surface area (Å²) < 4.78 is 29.5. The molecule has 1 atom stereocenters. The number of rotatable bonds is 1. The molecule has 4 rings (SSSR count). The lowest BCUT2D eigenvalue weighted by molar-refractivity contribution is 0.414. The number of aryl methyl sites for hydroxylation is 1. The van der Waals surface area contributed by atoms with Crippen molar-refractivity contribution in [1.82, 2.24) is 0 Å². The summed E-state index contributed by atoms with van der Waals surface area (Å²) in [6.07, 6.45) is 5.40. The summed E-state index contributed by atoms with van der Waals surface area (Å²) in [6, 6.07) is 6.25. The quantitative estimate of drug-likeness (QED) is 0.798. The van der Waals surface area contributed by atoms with Gasteiger partial charge in [-0.2, -0.15) is 0 Å². The summed E-state index contributed by atoms with van der Waals surface area (Å²) in [4.78, 5) is 0. The van der Waals surface area contributed by atoms with Gasteiger partial charge in [-0.25, -0.2) is 8.42 Å². The Morgan fingerprint density at radius 2 is 1.95 bits per heavy atom. The number of methoxy groups -OCH3 is 1. The number of hydrogen-bond acceptors (Lipinski definition) is 3. The Morgan fingerprint density at radius 3 is 2.73 bits per heavy atom. The van der Waals surface area contributed by atoms with E-state index in [1.54, 1.807) is 7.11 Å². The number of hydrogen-bond donors (Lipinski definition) is 0. The van der Waals surface area contributed by atoms with Gasteiger partial charge in [-0.1, -0.05) is 12.1 Å². The lowest BCUT2D eigenvalue weighted by atomic mass is 9.72. The maximum atomic E-state index is 12.4. The molecule has 0 aromatic heterocycles. The van der Waals surface area contributed by atoms with Crippen molar-refractivity contribution in [3.8, 4) is 5.75 Å². The Balaban J connectivity index is 1.87. The predicted molar refractivity (Wildman–Crippen MR) is 87.7 cm³/mol. The molecule has 0 fully saturated rings. The second-order valence-corrected chi connectivity index (χ2v) is 9.07. The van der Waals surface area contributed by atoms with E-state index >= 15 is 0 Å². The summed E-state index contributed by atoms with van der Waals surface area (Å²) in [5.74, 6) is 1.09. The van der Waals surface area contributed by atoms with Crippen LogP contribution < -0.4 is 4.74 Å². The molecule has 3 aliphatic rings. The number of sulfone groups is 1. The van der Waals surface area contributed by atoms with Crippen LogP contribution in [-0.2, 0) is 16.3 Å². The highest BCUT2D eigenvalue weighted by Crippen LogP contribution is 2.52. The highest BCUT2D eigenvalue weighted by Gasteiger charge is 2.49. The average Bonchev–Trinajstić information content (AvgIpc) is 2.76. The van der Waals surface area contributed by atoms with Crippen molar-refractivity contribution >= 4 is 15.4 Å². The van der Waals surface area contributed by atoms with Gasteiger partial charge in [-0.05, 0) is 72.6 Å². The van der Waals surface area contributed by atoms with Crippen molar-refractivity contribution in [2.24, 2.45) is 0 Å². The first-order chi connectivity index (χ1) is 10.5. The van der Waals surface area contributed by atoms with Crippen LogP contribution in [0.4, 0.5) is 0 Å². The Hall–Kier alpha value is -1.55. The number of allylic oxidation sites excluding steroid dienone is 2. The van der Waals surface area contributed by atoms with Gasteiger partial charge >= 0.3 is 0 Å². The molecule has 0 saturated carbocycles. The second-order valence-electron chi connectivity index (χ2n) is 6.61. The Morgan fingerprint density at radius 1 is 1.14 bits per heavy atom. The van der Waals surface area contributed by atoms with E-state index in [4.69, 9.17) is 4.74 Å². The van der Waals surface area contributed by atoms with Crippen molar-refractivity contribution < 1.29 is 13.2 Å². The Kier molecular flexibility index (Phi) is 2.86. The van der Waals surface area contributed by atoms with E-state index in [2.05, 4.69) is 12.1 Å². The monoisotopic (exact) mass is 316 g/mol. The fraction of sp³-hybridized carbons (Fsp3) is 0.444. The smallest absolute Gasteiger partial charge is 0.163 e. The molecule has 0 radical (unpaired) electrons. The molecule has 1 aliphatic heterocycles. The minimum absolute atomic E-state index is 0.199. The van der Waals surface area contributed by atoms with E-state index in [0.717, 1.165) is 30.6 Å². The molecular formula is C18H20O3S. The van der Waals surface area contributed by atoms with E-state index < -0.39 is 14.6 Å². The maximum Gasteiger partial charge on any atom is 0.163 e. The van der Waals surface area contributed by atoms with Crippen LogP contribution >= 0.6 is 0 Å². The van der Waals surface area contributed by atoms with Gasteiger partial charge in [0.2, 0.25) is 0 Å². The largest absolute Gasteiger partial charge is 0.497 e. The SMILES string of the molecule is COc1ccc2c(c1)CCC1=C2CC[C@]2(C)C1=CCS2(=O)=O. The van der Waals surface area contributed by atoms with Gasteiger partial charge in [-0.3, -0.25) is 0 Å². The molecule has 116 valence electrons. The molecule has 3 nitrogen and oxygen atoms in total. The van der Waals surface area contributed by atoms with Crippen LogP contribution in [0.1, 0.15) is 37.3 Å². The summed E-state index contributed by atoms with van der Waals surface area (Å²) in [6.45, 7) is 1.91. The maximum absolute atomic E-state index is 12.4. The van der Waals surface area contributed by atoms with E-state index in [1.165, 1.54) is 22.3 Å². The molecule has 0 amide bonds. The third-order valence-electron chi connectivity index (χ3n) is 5.59. The standard InChI is InChI=1S/C18H20O3S/c1-18-9-7-15-14-6-4-13(21-2)11-12(14)3-5-16(15)17(18)8-10-22(18,19)20/h4,6,8,11H,3,5,7,9-10H2,1-2H3/t18-/m1/s1. The Labute approximate surface area is 131 Å². The fourth-order valence-electron chi connectivity index (χ4n) is 4.21. The van der Waals surface area contributed by atoms with E-state index in [-0.39, 0.29) is 5.75 Å². The number of ether oxygens (including phenoxy) is 1. The molecule has 22 heavy (non-hydrogen) atoms. The molecule has 0 saturated heterocycles. The van der Waals surface area contributed by atoms with Gasteiger partial charge in [0.1, 0.15) is 5.75 Å². The third-order valence-corrected chi connectivity index (χ3v) is 7.99. The molecule has 1 aromatic carbocycles. The van der Waals surface area contributed by atoms with Crippen molar-refractivity contribution in [1.29, 1.82) is 0 Å². The molecule has 0 N–H and O–H groups in total. The van der Waals surface area contributed by atoms with Crippen LogP contribution in [0.3, 0.4) is 0 Å². The lowest BCUT2D eigenvalue weighted by Crippen LogP contribution is -2.38. The lowest BCUT2D eigenvalue weighted by Gasteiger charge is -2.37. The van der Waals surface area contributed by atoms with Crippen LogP contribution in [0, 0.1) is 0 Å². The molecule has 2 aliphatic carbocycles. The summed E-state index contributed by atoms with van der Waals surface area (Å²) in [5, 5.41) is 0. The summed E-state index contributed by atoms with van der Waals surface area (Å²) in [5.41, 5.74) is 6.32. The van der Waals surface area contributed by atoms with Crippen molar-refractivity contribution in [2.75, 3.05) is 12.9 Å². The second kappa shape index (κ2) is 4.48. The van der Waals surface area contributed by atoms with Crippen molar-refractivity contribution in [3.05, 3.63) is 46.5 Å². The molecule has 0 spiro atoms. The minimum Gasteiger partial charge on any atom is -0.497 e. The van der Waals surface area contributed by atoms with Crippen molar-refractivity contribution in [2.45, 2.75) is 37.4 Å². The normalized spacial score (nSPS) is 28.5. The minimum atomic E-state index is -3.03. The van der Waals surface area contributed by atoms with E-state index in [9.17, 15) is 8.42 Å². The van der Waals surface area contributed by atoms with Crippen LogP contribution in [-0.4, -0.2) is 26.0 Å². The number of fused-ring (bicyclic) bond motifs is 4. The average molecular weight is 316 g/mol. The first-order valence-electron chi connectivity index (χ1n) is 7.79. The summed E-state index contributed by atoms with van der Waals surface area (Å²) >= 11 is 0.